The molecule has 0 aliphatic heterocycles. The molecule has 106 valence electrons. The van der Waals surface area contributed by atoms with Gasteiger partial charge < -0.3 is 4.74 Å². The largest absolute Gasteiger partial charge is 0.465 e. The topological polar surface area (TPSA) is 43.4 Å². The van der Waals surface area contributed by atoms with Crippen LogP contribution in [0.25, 0.3) is 0 Å². The molecule has 1 aromatic carbocycles. The Morgan fingerprint density at radius 2 is 2.11 bits per heavy atom. The van der Waals surface area contributed by atoms with E-state index in [2.05, 4.69) is 34.5 Å². The van der Waals surface area contributed by atoms with Crippen molar-refractivity contribution in [1.29, 1.82) is 0 Å². The number of hydrogen-bond acceptors (Lipinski definition) is 3. The SMILES string of the molecule is COC(=O)c1ccc(CS(=O)CCC(C)C)c(Br)c1. The van der Waals surface area contributed by atoms with Crippen LogP contribution in [0.4, 0.5) is 0 Å². The number of methoxy groups -OCH3 is 1. The second-order valence-electron chi connectivity index (χ2n) is 4.77. The lowest BCUT2D eigenvalue weighted by Gasteiger charge is -2.08. The van der Waals surface area contributed by atoms with Crippen molar-refractivity contribution < 1.29 is 13.7 Å². The summed E-state index contributed by atoms with van der Waals surface area (Å²) in [5.41, 5.74) is 1.45. The van der Waals surface area contributed by atoms with E-state index in [0.717, 1.165) is 16.5 Å². The standard InChI is InChI=1S/C14H19BrO3S/c1-10(2)6-7-19(17)9-12-5-4-11(8-13(12)15)14(16)18-3/h4-5,8,10H,6-7,9H2,1-3H3. The Bertz CT molecular complexity index is 472. The maximum Gasteiger partial charge on any atom is 0.337 e. The van der Waals surface area contributed by atoms with Crippen molar-refractivity contribution in [2.45, 2.75) is 26.0 Å². The molecule has 3 nitrogen and oxygen atoms in total. The Morgan fingerprint density at radius 3 is 2.63 bits per heavy atom. The van der Waals surface area contributed by atoms with Crippen molar-refractivity contribution in [3.05, 3.63) is 33.8 Å². The molecule has 0 aromatic heterocycles. The van der Waals surface area contributed by atoms with Crippen molar-refractivity contribution in [1.82, 2.24) is 0 Å². The van der Waals surface area contributed by atoms with Gasteiger partial charge in [0.2, 0.25) is 0 Å². The molecule has 1 aromatic rings. The van der Waals surface area contributed by atoms with Gasteiger partial charge in [0, 0.05) is 26.8 Å². The number of benzene rings is 1. The minimum atomic E-state index is -0.867. The Balaban J connectivity index is 2.69. The fourth-order valence-corrected chi connectivity index (χ4v) is 3.70. The highest BCUT2D eigenvalue weighted by molar-refractivity contribution is 9.10. The van der Waals surface area contributed by atoms with E-state index >= 15 is 0 Å². The highest BCUT2D eigenvalue weighted by atomic mass is 79.9. The summed E-state index contributed by atoms with van der Waals surface area (Å²) < 4.78 is 17.4. The molecule has 1 atom stereocenters. The van der Waals surface area contributed by atoms with Crippen LogP contribution in [0.1, 0.15) is 36.2 Å². The Kier molecular flexibility index (Phi) is 6.72. The number of carbonyl (C=O) groups excluding carboxylic acids is 1. The van der Waals surface area contributed by atoms with Crippen molar-refractivity contribution in [2.75, 3.05) is 12.9 Å². The third-order valence-corrected chi connectivity index (χ3v) is 4.78. The van der Waals surface area contributed by atoms with Gasteiger partial charge in [0.15, 0.2) is 0 Å². The zero-order valence-corrected chi connectivity index (χ0v) is 13.8. The van der Waals surface area contributed by atoms with Crippen LogP contribution < -0.4 is 0 Å². The lowest BCUT2D eigenvalue weighted by Crippen LogP contribution is -2.06. The molecule has 0 spiro atoms. The molecule has 0 aliphatic carbocycles. The van der Waals surface area contributed by atoms with Gasteiger partial charge in [-0.15, -0.1) is 0 Å². The summed E-state index contributed by atoms with van der Waals surface area (Å²) in [4.78, 5) is 11.4. The van der Waals surface area contributed by atoms with E-state index in [1.807, 2.05) is 6.07 Å². The molecule has 0 saturated heterocycles. The summed E-state index contributed by atoms with van der Waals surface area (Å²) in [6, 6.07) is 5.23. The first-order chi connectivity index (χ1) is 8.93. The molecule has 0 bridgehead atoms. The van der Waals surface area contributed by atoms with Crippen LogP contribution in [-0.2, 0) is 21.3 Å². The van der Waals surface area contributed by atoms with Crippen molar-refractivity contribution in [2.24, 2.45) is 5.92 Å². The summed E-state index contributed by atoms with van der Waals surface area (Å²) in [7, 11) is 0.485. The number of hydrogen-bond donors (Lipinski definition) is 0. The monoisotopic (exact) mass is 346 g/mol. The molecule has 0 amide bonds. The number of ether oxygens (including phenoxy) is 1. The van der Waals surface area contributed by atoms with Crippen LogP contribution in [0.5, 0.6) is 0 Å². The molecule has 1 rings (SSSR count). The Hall–Kier alpha value is -0.680. The predicted molar refractivity (Wildman–Crippen MR) is 81.6 cm³/mol. The number of rotatable bonds is 6. The van der Waals surface area contributed by atoms with Gasteiger partial charge in [-0.25, -0.2) is 4.79 Å². The van der Waals surface area contributed by atoms with Crippen LogP contribution in [-0.4, -0.2) is 23.0 Å². The zero-order chi connectivity index (χ0) is 14.4. The molecule has 0 saturated carbocycles. The van der Waals surface area contributed by atoms with Crippen LogP contribution in [0.2, 0.25) is 0 Å². The van der Waals surface area contributed by atoms with Crippen molar-refractivity contribution >= 4 is 32.7 Å². The van der Waals surface area contributed by atoms with E-state index in [-0.39, 0.29) is 5.97 Å². The van der Waals surface area contributed by atoms with Gasteiger partial charge in [-0.1, -0.05) is 35.8 Å². The summed E-state index contributed by atoms with van der Waals surface area (Å²) in [6.07, 6.45) is 0.963. The molecular formula is C14H19BrO3S. The zero-order valence-electron chi connectivity index (χ0n) is 11.4. The van der Waals surface area contributed by atoms with Crippen molar-refractivity contribution in [3.63, 3.8) is 0 Å². The van der Waals surface area contributed by atoms with E-state index < -0.39 is 10.8 Å². The normalized spacial score (nSPS) is 12.5. The smallest absolute Gasteiger partial charge is 0.337 e. The van der Waals surface area contributed by atoms with E-state index in [0.29, 0.717) is 23.0 Å². The minimum Gasteiger partial charge on any atom is -0.465 e. The molecule has 1 unspecified atom stereocenters. The molecule has 0 aliphatic rings. The second kappa shape index (κ2) is 7.80. The van der Waals surface area contributed by atoms with Crippen LogP contribution in [0, 0.1) is 5.92 Å². The van der Waals surface area contributed by atoms with Gasteiger partial charge in [-0.3, -0.25) is 4.21 Å². The molecule has 5 heteroatoms. The molecule has 0 N–H and O–H groups in total. The van der Waals surface area contributed by atoms with E-state index in [4.69, 9.17) is 0 Å². The Morgan fingerprint density at radius 1 is 1.42 bits per heavy atom. The fraction of sp³-hybridized carbons (Fsp3) is 0.500. The maximum atomic E-state index is 11.9. The quantitative estimate of drug-likeness (QED) is 0.740. The third-order valence-electron chi connectivity index (χ3n) is 2.71. The summed E-state index contributed by atoms with van der Waals surface area (Å²) in [5, 5.41) is 0. The predicted octanol–water partition coefficient (Wildman–Crippen LogP) is 3.53. The van der Waals surface area contributed by atoms with Gasteiger partial charge in [-0.05, 0) is 30.0 Å². The number of esters is 1. The molecular weight excluding hydrogens is 328 g/mol. The summed E-state index contributed by atoms with van der Waals surface area (Å²) in [6.45, 7) is 4.25. The fourth-order valence-electron chi connectivity index (χ4n) is 1.52. The molecule has 0 radical (unpaired) electrons. The number of halogens is 1. The summed E-state index contributed by atoms with van der Waals surface area (Å²) in [5.74, 6) is 1.42. The van der Waals surface area contributed by atoms with Gasteiger partial charge in [0.1, 0.15) is 0 Å². The van der Waals surface area contributed by atoms with E-state index in [1.54, 1.807) is 12.1 Å². The molecule has 19 heavy (non-hydrogen) atoms. The minimum absolute atomic E-state index is 0.367. The summed E-state index contributed by atoms with van der Waals surface area (Å²) >= 11 is 3.41. The number of carbonyl (C=O) groups is 1. The van der Waals surface area contributed by atoms with E-state index in [1.165, 1.54) is 7.11 Å². The first-order valence-corrected chi connectivity index (χ1v) is 8.44. The highest BCUT2D eigenvalue weighted by Crippen LogP contribution is 2.21. The van der Waals surface area contributed by atoms with E-state index in [9.17, 15) is 9.00 Å². The van der Waals surface area contributed by atoms with Gasteiger partial charge in [-0.2, -0.15) is 0 Å². The first kappa shape index (κ1) is 16.4. The lowest BCUT2D eigenvalue weighted by molar-refractivity contribution is 0.0600. The average molecular weight is 347 g/mol. The van der Waals surface area contributed by atoms with Gasteiger partial charge >= 0.3 is 5.97 Å². The maximum absolute atomic E-state index is 11.9. The molecule has 0 fully saturated rings. The second-order valence-corrected chi connectivity index (χ2v) is 7.20. The average Bonchev–Trinajstić information content (AvgIpc) is 2.37. The Labute approximate surface area is 125 Å². The van der Waals surface area contributed by atoms with Crippen LogP contribution >= 0.6 is 15.9 Å². The lowest BCUT2D eigenvalue weighted by atomic mass is 10.1. The highest BCUT2D eigenvalue weighted by Gasteiger charge is 2.10. The first-order valence-electron chi connectivity index (χ1n) is 6.15. The van der Waals surface area contributed by atoms with Crippen LogP contribution in [0.3, 0.4) is 0 Å². The third kappa shape index (κ3) is 5.45. The van der Waals surface area contributed by atoms with Gasteiger partial charge in [0.25, 0.3) is 0 Å². The molecule has 0 heterocycles. The van der Waals surface area contributed by atoms with Gasteiger partial charge in [0.05, 0.1) is 12.7 Å². The van der Waals surface area contributed by atoms with Crippen molar-refractivity contribution in [3.8, 4) is 0 Å². The van der Waals surface area contributed by atoms with Crippen LogP contribution in [0.15, 0.2) is 22.7 Å².